The summed E-state index contributed by atoms with van der Waals surface area (Å²) in [6, 6.07) is 7.35. The van der Waals surface area contributed by atoms with E-state index in [1.807, 2.05) is 4.90 Å². The fraction of sp³-hybridized carbons (Fsp3) is 0.462. The molecule has 0 radical (unpaired) electrons. The van der Waals surface area contributed by atoms with Crippen molar-refractivity contribution in [1.29, 1.82) is 10.5 Å². The SMILES string of the molecule is N#Cc1cc(Nc2nc(NC3CC3)c3ncc(C#N)n3n2)c(Cl)c(N2CCN(C(=O)O)C(CC3(CO)COC3)C2)c1. The van der Waals surface area contributed by atoms with Crippen LogP contribution in [-0.4, -0.2) is 92.3 Å². The molecule has 1 amide bonds. The lowest BCUT2D eigenvalue weighted by Crippen LogP contribution is -2.59. The average molecular weight is 579 g/mol. The number of nitriles is 2. The minimum absolute atomic E-state index is 0.0952. The number of imidazole rings is 1. The zero-order valence-electron chi connectivity index (χ0n) is 21.9. The van der Waals surface area contributed by atoms with Crippen molar-refractivity contribution in [3.8, 4) is 12.1 Å². The van der Waals surface area contributed by atoms with Crippen LogP contribution in [0.3, 0.4) is 0 Å². The van der Waals surface area contributed by atoms with Gasteiger partial charge in [0.25, 0.3) is 0 Å². The highest BCUT2D eigenvalue weighted by atomic mass is 35.5. The highest BCUT2D eigenvalue weighted by molar-refractivity contribution is 6.36. The molecule has 41 heavy (non-hydrogen) atoms. The lowest BCUT2D eigenvalue weighted by Gasteiger charge is -2.48. The van der Waals surface area contributed by atoms with Crippen LogP contribution in [0.2, 0.25) is 5.02 Å². The predicted octanol–water partition coefficient (Wildman–Crippen LogP) is 2.41. The van der Waals surface area contributed by atoms with Gasteiger partial charge in [-0.2, -0.15) is 20.0 Å². The number of fused-ring (bicyclic) bond motifs is 1. The van der Waals surface area contributed by atoms with Crippen LogP contribution in [0, 0.1) is 28.1 Å². The third-order valence-corrected chi connectivity index (χ3v) is 8.11. The fourth-order valence-corrected chi connectivity index (χ4v) is 5.58. The molecule has 1 unspecified atom stereocenters. The first kappa shape index (κ1) is 26.8. The normalized spacial score (nSPS) is 19.8. The zero-order valence-corrected chi connectivity index (χ0v) is 22.7. The Kier molecular flexibility index (Phi) is 6.91. The Labute approximate surface area is 239 Å². The van der Waals surface area contributed by atoms with Crippen LogP contribution >= 0.6 is 11.6 Å². The standard InChI is InChI=1S/C26H27ClN10O4/c27-21-19(32-24-33-22(31-16-1-2-16)23-30-10-18(9-29)37(23)34-24)5-15(8-28)6-20(21)35-3-4-36(25(39)40)17(11-35)7-26(12-38)13-41-14-26/h5-6,10,16-17,38H,1-4,7,11-14H2,(H,39,40)(H2,31,32,33,34). The van der Waals surface area contributed by atoms with E-state index >= 15 is 0 Å². The molecule has 1 saturated carbocycles. The number of carbonyl (C=O) groups is 1. The van der Waals surface area contributed by atoms with Gasteiger partial charge in [-0.05, 0) is 31.4 Å². The van der Waals surface area contributed by atoms with Crippen LogP contribution in [0.25, 0.3) is 5.65 Å². The first-order chi connectivity index (χ1) is 19.8. The highest BCUT2D eigenvalue weighted by Crippen LogP contribution is 2.39. The van der Waals surface area contributed by atoms with Gasteiger partial charge >= 0.3 is 6.09 Å². The van der Waals surface area contributed by atoms with Gasteiger partial charge in [0.2, 0.25) is 5.95 Å². The number of anilines is 4. The van der Waals surface area contributed by atoms with Crippen molar-refractivity contribution in [2.75, 3.05) is 55.0 Å². The maximum absolute atomic E-state index is 12.0. The van der Waals surface area contributed by atoms with Gasteiger partial charge in [-0.15, -0.1) is 5.10 Å². The van der Waals surface area contributed by atoms with Crippen molar-refractivity contribution < 1.29 is 19.7 Å². The van der Waals surface area contributed by atoms with Gasteiger partial charge in [0.05, 0.1) is 60.1 Å². The fourth-order valence-electron chi connectivity index (χ4n) is 5.31. The molecule has 6 rings (SSSR count). The van der Waals surface area contributed by atoms with Gasteiger partial charge in [-0.1, -0.05) is 11.6 Å². The Bertz CT molecular complexity index is 1580. The molecule has 4 N–H and O–H groups in total. The second-order valence-electron chi connectivity index (χ2n) is 10.7. The summed E-state index contributed by atoms with van der Waals surface area (Å²) in [5, 5.41) is 50.3. The Morgan fingerprint density at radius 2 is 2.05 bits per heavy atom. The molecule has 14 nitrogen and oxygen atoms in total. The zero-order chi connectivity index (χ0) is 28.7. The molecule has 3 aromatic rings. The van der Waals surface area contributed by atoms with Crippen molar-refractivity contribution in [2.24, 2.45) is 5.41 Å². The third-order valence-electron chi connectivity index (χ3n) is 7.71. The summed E-state index contributed by atoms with van der Waals surface area (Å²) in [6.45, 7) is 1.56. The molecule has 1 atom stereocenters. The minimum atomic E-state index is -1.03. The van der Waals surface area contributed by atoms with Crippen LogP contribution in [0.15, 0.2) is 18.3 Å². The molecule has 2 saturated heterocycles. The first-order valence-electron chi connectivity index (χ1n) is 13.2. The summed E-state index contributed by atoms with van der Waals surface area (Å²) in [7, 11) is 0. The summed E-state index contributed by atoms with van der Waals surface area (Å²) in [5.74, 6) is 0.631. The summed E-state index contributed by atoms with van der Waals surface area (Å²) >= 11 is 6.91. The molecule has 3 aliphatic rings. The number of hydrogen-bond acceptors (Lipinski definition) is 11. The molecule has 212 valence electrons. The van der Waals surface area contributed by atoms with Crippen molar-refractivity contribution in [3.63, 3.8) is 0 Å². The van der Waals surface area contributed by atoms with E-state index in [2.05, 4.69) is 37.8 Å². The van der Waals surface area contributed by atoms with E-state index in [1.165, 1.54) is 15.6 Å². The van der Waals surface area contributed by atoms with Crippen LogP contribution in [0.1, 0.15) is 30.5 Å². The van der Waals surface area contributed by atoms with Gasteiger partial charge in [0, 0.05) is 31.1 Å². The van der Waals surface area contributed by atoms with Crippen molar-refractivity contribution in [3.05, 3.63) is 34.6 Å². The summed E-state index contributed by atoms with van der Waals surface area (Å²) < 4.78 is 6.73. The van der Waals surface area contributed by atoms with Crippen molar-refractivity contribution >= 4 is 46.5 Å². The molecule has 1 aliphatic carbocycles. The molecule has 3 fully saturated rings. The number of aromatic nitrogens is 4. The summed E-state index contributed by atoms with van der Waals surface area (Å²) in [4.78, 5) is 24.2. The lowest BCUT2D eigenvalue weighted by molar-refractivity contribution is -0.148. The Morgan fingerprint density at radius 3 is 2.68 bits per heavy atom. The lowest BCUT2D eigenvalue weighted by atomic mass is 9.79. The largest absolute Gasteiger partial charge is 0.465 e. The topological polar surface area (TPSA) is 188 Å². The minimum Gasteiger partial charge on any atom is -0.465 e. The van der Waals surface area contributed by atoms with E-state index < -0.39 is 17.6 Å². The van der Waals surface area contributed by atoms with Crippen molar-refractivity contribution in [2.45, 2.75) is 31.3 Å². The quantitative estimate of drug-likeness (QED) is 0.306. The number of aliphatic hydroxyl groups excluding tert-OH is 1. The molecule has 0 bridgehead atoms. The number of ether oxygens (including phenoxy) is 1. The number of benzene rings is 1. The Hall–Kier alpha value is -4.37. The van der Waals surface area contributed by atoms with Gasteiger partial charge in [-0.3, -0.25) is 0 Å². The van der Waals surface area contributed by atoms with E-state index in [1.54, 1.807) is 12.1 Å². The molecule has 4 heterocycles. The molecule has 15 heteroatoms. The Balaban J connectivity index is 1.32. The number of halogens is 1. The second-order valence-corrected chi connectivity index (χ2v) is 11.1. The van der Waals surface area contributed by atoms with Gasteiger partial charge in [-0.25, -0.2) is 9.78 Å². The maximum atomic E-state index is 12.0. The van der Waals surface area contributed by atoms with E-state index in [9.17, 15) is 25.5 Å². The number of nitrogens with one attached hydrogen (secondary N) is 2. The average Bonchev–Trinajstić information content (AvgIpc) is 3.67. The van der Waals surface area contributed by atoms with Crippen LogP contribution in [-0.2, 0) is 4.74 Å². The van der Waals surface area contributed by atoms with E-state index in [-0.39, 0.29) is 30.8 Å². The van der Waals surface area contributed by atoms with Gasteiger partial charge < -0.3 is 35.4 Å². The second kappa shape index (κ2) is 10.6. The number of hydrogen-bond donors (Lipinski definition) is 4. The van der Waals surface area contributed by atoms with Crippen molar-refractivity contribution in [1.82, 2.24) is 24.5 Å². The number of carboxylic acid groups (broad SMARTS) is 1. The van der Waals surface area contributed by atoms with Crippen LogP contribution in [0.4, 0.5) is 27.9 Å². The number of aliphatic hydroxyl groups is 1. The molecule has 2 aliphatic heterocycles. The van der Waals surface area contributed by atoms with Crippen LogP contribution < -0.4 is 15.5 Å². The molecule has 0 spiro atoms. The number of piperazine rings is 1. The van der Waals surface area contributed by atoms with E-state index in [0.29, 0.717) is 66.1 Å². The first-order valence-corrected chi connectivity index (χ1v) is 13.6. The number of nitrogens with zero attached hydrogens (tertiary/aromatic N) is 8. The smallest absolute Gasteiger partial charge is 0.407 e. The van der Waals surface area contributed by atoms with E-state index in [4.69, 9.17) is 16.3 Å². The van der Waals surface area contributed by atoms with E-state index in [0.717, 1.165) is 12.8 Å². The van der Waals surface area contributed by atoms with Gasteiger partial charge in [0.15, 0.2) is 17.2 Å². The molecule has 2 aromatic heterocycles. The molecule has 1 aromatic carbocycles. The molecular formula is C26H27ClN10O4. The molecular weight excluding hydrogens is 552 g/mol. The summed E-state index contributed by atoms with van der Waals surface area (Å²) in [6.07, 6.45) is 2.85. The maximum Gasteiger partial charge on any atom is 0.407 e. The monoisotopic (exact) mass is 578 g/mol. The van der Waals surface area contributed by atoms with Crippen LogP contribution in [0.5, 0.6) is 0 Å². The predicted molar refractivity (Wildman–Crippen MR) is 147 cm³/mol. The Morgan fingerprint density at radius 1 is 1.24 bits per heavy atom. The van der Waals surface area contributed by atoms with Gasteiger partial charge in [0.1, 0.15) is 6.07 Å². The third kappa shape index (κ3) is 5.13. The highest BCUT2D eigenvalue weighted by Gasteiger charge is 2.44. The summed E-state index contributed by atoms with van der Waals surface area (Å²) in [5.41, 5.74) is 1.46. The number of amides is 1. The number of rotatable bonds is 8.